The Bertz CT molecular complexity index is 986. The van der Waals surface area contributed by atoms with Gasteiger partial charge < -0.3 is 28.8 Å². The molecule has 0 radical (unpaired) electrons. The Labute approximate surface area is 186 Å². The first-order valence-corrected chi connectivity index (χ1v) is 10.4. The number of carbonyl (C=O) groups excluding carboxylic acids is 2. The van der Waals surface area contributed by atoms with E-state index in [0.29, 0.717) is 30.3 Å². The topological polar surface area (TPSA) is 89.9 Å². The van der Waals surface area contributed by atoms with Crippen LogP contribution in [-0.4, -0.2) is 68.7 Å². The van der Waals surface area contributed by atoms with Gasteiger partial charge in [0.05, 0.1) is 5.71 Å². The van der Waals surface area contributed by atoms with Crippen molar-refractivity contribution >= 4 is 23.3 Å². The quantitative estimate of drug-likeness (QED) is 0.371. The van der Waals surface area contributed by atoms with Gasteiger partial charge >= 0.3 is 5.97 Å². The second-order valence-corrected chi connectivity index (χ2v) is 7.38. The van der Waals surface area contributed by atoms with Gasteiger partial charge in [0, 0.05) is 37.4 Å². The van der Waals surface area contributed by atoms with Crippen LogP contribution in [0.1, 0.15) is 12.5 Å². The summed E-state index contributed by atoms with van der Waals surface area (Å²) in [6.45, 7) is 3.90. The minimum absolute atomic E-state index is 0.193. The number of esters is 1. The van der Waals surface area contributed by atoms with E-state index in [-0.39, 0.29) is 25.9 Å². The molecule has 1 amide bonds. The van der Waals surface area contributed by atoms with E-state index in [1.165, 1.54) is 0 Å². The molecule has 0 saturated carbocycles. The van der Waals surface area contributed by atoms with Gasteiger partial charge in [-0.1, -0.05) is 23.4 Å². The van der Waals surface area contributed by atoms with Crippen molar-refractivity contribution in [3.05, 3.63) is 54.1 Å². The van der Waals surface area contributed by atoms with Gasteiger partial charge in [-0.3, -0.25) is 4.79 Å². The molecule has 0 unspecified atom stereocenters. The maximum atomic E-state index is 12.3. The Morgan fingerprint density at radius 1 is 0.969 bits per heavy atom. The number of fused-ring (bicyclic) bond motifs is 1. The van der Waals surface area contributed by atoms with Gasteiger partial charge in [0.15, 0.2) is 18.1 Å². The first-order chi connectivity index (χ1) is 15.6. The smallest absolute Gasteiger partial charge is 0.347 e. The molecule has 2 aliphatic heterocycles. The summed E-state index contributed by atoms with van der Waals surface area (Å²) in [5.41, 5.74) is 2.50. The van der Waals surface area contributed by atoms with Crippen molar-refractivity contribution in [3.8, 4) is 11.5 Å². The fraction of sp³-hybridized carbons (Fsp3) is 0.348. The van der Waals surface area contributed by atoms with Crippen molar-refractivity contribution in [3.63, 3.8) is 0 Å². The van der Waals surface area contributed by atoms with Crippen LogP contribution < -0.4 is 14.4 Å². The number of rotatable bonds is 7. The third-order valence-corrected chi connectivity index (χ3v) is 5.28. The Morgan fingerprint density at radius 3 is 2.50 bits per heavy atom. The molecule has 1 saturated heterocycles. The van der Waals surface area contributed by atoms with Crippen LogP contribution in [0.4, 0.5) is 5.69 Å². The monoisotopic (exact) mass is 439 g/mol. The van der Waals surface area contributed by atoms with Gasteiger partial charge in [-0.2, -0.15) is 0 Å². The molecule has 9 heteroatoms. The molecule has 2 aromatic carbocycles. The zero-order valence-electron chi connectivity index (χ0n) is 17.9. The molecule has 9 nitrogen and oxygen atoms in total. The summed E-state index contributed by atoms with van der Waals surface area (Å²) in [5, 5.41) is 3.93. The van der Waals surface area contributed by atoms with E-state index < -0.39 is 5.97 Å². The molecule has 4 rings (SSSR count). The number of nitrogens with zero attached hydrogens (tertiary/aromatic N) is 3. The Hall–Kier alpha value is -3.75. The minimum Gasteiger partial charge on any atom is -0.454 e. The number of amides is 1. The molecule has 168 valence electrons. The van der Waals surface area contributed by atoms with Crippen molar-refractivity contribution in [2.24, 2.45) is 5.16 Å². The lowest BCUT2D eigenvalue weighted by Crippen LogP contribution is -2.50. The third kappa shape index (κ3) is 5.29. The lowest BCUT2D eigenvalue weighted by Gasteiger charge is -2.36. The van der Waals surface area contributed by atoms with Gasteiger partial charge in [-0.25, -0.2) is 4.79 Å². The molecule has 2 aliphatic rings. The van der Waals surface area contributed by atoms with Crippen LogP contribution in [0, 0.1) is 0 Å². The predicted octanol–water partition coefficient (Wildman–Crippen LogP) is 2.05. The summed E-state index contributed by atoms with van der Waals surface area (Å²) >= 11 is 0. The predicted molar refractivity (Wildman–Crippen MR) is 117 cm³/mol. The van der Waals surface area contributed by atoms with Gasteiger partial charge in [0.1, 0.15) is 0 Å². The molecule has 32 heavy (non-hydrogen) atoms. The second kappa shape index (κ2) is 10.0. The molecule has 0 aromatic heterocycles. The van der Waals surface area contributed by atoms with Crippen LogP contribution in [0.5, 0.6) is 11.5 Å². The molecule has 0 atom stereocenters. The van der Waals surface area contributed by atoms with Crippen molar-refractivity contribution in [2.45, 2.75) is 6.92 Å². The maximum Gasteiger partial charge on any atom is 0.347 e. The molecular formula is C23H25N3O6. The Kier molecular flexibility index (Phi) is 6.74. The summed E-state index contributed by atoms with van der Waals surface area (Å²) in [6.07, 6.45) is 0. The van der Waals surface area contributed by atoms with Gasteiger partial charge in [-0.15, -0.1) is 0 Å². The van der Waals surface area contributed by atoms with E-state index in [1.54, 1.807) is 24.0 Å². The van der Waals surface area contributed by atoms with Crippen LogP contribution >= 0.6 is 0 Å². The fourth-order valence-corrected chi connectivity index (χ4v) is 3.48. The van der Waals surface area contributed by atoms with Crippen LogP contribution in [0.2, 0.25) is 0 Å². The van der Waals surface area contributed by atoms with Crippen molar-refractivity contribution in [2.75, 3.05) is 51.1 Å². The second-order valence-electron chi connectivity index (χ2n) is 7.38. The molecule has 0 aliphatic carbocycles. The van der Waals surface area contributed by atoms with E-state index in [0.717, 1.165) is 24.3 Å². The maximum absolute atomic E-state index is 12.3. The molecule has 0 N–H and O–H groups in total. The number of benzene rings is 2. The highest BCUT2D eigenvalue weighted by Gasteiger charge is 2.22. The number of oxime groups is 1. The van der Waals surface area contributed by atoms with E-state index in [4.69, 9.17) is 19.0 Å². The van der Waals surface area contributed by atoms with E-state index in [9.17, 15) is 9.59 Å². The molecule has 2 heterocycles. The molecular weight excluding hydrogens is 414 g/mol. The highest BCUT2D eigenvalue weighted by atomic mass is 16.7. The van der Waals surface area contributed by atoms with Gasteiger partial charge in [0.2, 0.25) is 13.4 Å². The van der Waals surface area contributed by atoms with E-state index >= 15 is 0 Å². The summed E-state index contributed by atoms with van der Waals surface area (Å²) < 4.78 is 15.6. The molecule has 2 aromatic rings. The zero-order chi connectivity index (χ0) is 22.3. The van der Waals surface area contributed by atoms with Crippen molar-refractivity contribution < 1.29 is 28.6 Å². The van der Waals surface area contributed by atoms with Gasteiger partial charge in [-0.05, 0) is 37.3 Å². The van der Waals surface area contributed by atoms with E-state index in [2.05, 4.69) is 22.2 Å². The lowest BCUT2D eigenvalue weighted by molar-refractivity contribution is -0.155. The number of anilines is 1. The summed E-state index contributed by atoms with van der Waals surface area (Å²) in [4.78, 5) is 33.3. The molecule has 0 spiro atoms. The highest BCUT2D eigenvalue weighted by molar-refractivity contribution is 5.99. The molecule has 1 fully saturated rings. The average molecular weight is 439 g/mol. The number of hydrogen-bond acceptors (Lipinski definition) is 8. The largest absolute Gasteiger partial charge is 0.454 e. The van der Waals surface area contributed by atoms with E-state index in [1.807, 2.05) is 24.3 Å². The zero-order valence-corrected chi connectivity index (χ0v) is 17.9. The standard InChI is InChI=1S/C23H25N3O6/c1-17(18-7-8-20-21(13-18)31-16-30-20)24-32-15-23(28)29-14-22(27)26-11-9-25(10-12-26)19-5-3-2-4-6-19/h2-8,13H,9-12,14-16H2,1H3/b24-17+. The SMILES string of the molecule is C/C(=N\OCC(=O)OCC(=O)N1CCN(c2ccccc2)CC1)c1ccc2c(c1)OCO2. The highest BCUT2D eigenvalue weighted by Crippen LogP contribution is 2.32. The van der Waals surface area contributed by atoms with Crippen molar-refractivity contribution in [1.82, 2.24) is 4.90 Å². The first kappa shape index (κ1) is 21.5. The van der Waals surface area contributed by atoms with Crippen molar-refractivity contribution in [1.29, 1.82) is 0 Å². The first-order valence-electron chi connectivity index (χ1n) is 10.4. The Morgan fingerprint density at radius 2 is 1.72 bits per heavy atom. The third-order valence-electron chi connectivity index (χ3n) is 5.28. The lowest BCUT2D eigenvalue weighted by atomic mass is 10.1. The average Bonchev–Trinajstić information content (AvgIpc) is 3.31. The summed E-state index contributed by atoms with van der Waals surface area (Å²) in [6, 6.07) is 15.5. The van der Waals surface area contributed by atoms with Crippen LogP contribution in [0.15, 0.2) is 53.7 Å². The normalized spacial score (nSPS) is 15.5. The number of ether oxygens (including phenoxy) is 3. The number of carbonyl (C=O) groups is 2. The van der Waals surface area contributed by atoms with Crippen LogP contribution in [0.3, 0.4) is 0 Å². The van der Waals surface area contributed by atoms with Crippen LogP contribution in [0.25, 0.3) is 0 Å². The van der Waals surface area contributed by atoms with Gasteiger partial charge in [0.25, 0.3) is 5.91 Å². The number of para-hydroxylation sites is 1. The summed E-state index contributed by atoms with van der Waals surface area (Å²) in [5.74, 6) is 0.450. The number of hydrogen-bond donors (Lipinski definition) is 0. The summed E-state index contributed by atoms with van der Waals surface area (Å²) in [7, 11) is 0. The van der Waals surface area contributed by atoms with Crippen LogP contribution in [-0.2, 0) is 19.2 Å². The molecule has 0 bridgehead atoms. The fourth-order valence-electron chi connectivity index (χ4n) is 3.48. The Balaban J connectivity index is 1.16. The minimum atomic E-state index is -0.650. The number of piperazine rings is 1.